The summed E-state index contributed by atoms with van der Waals surface area (Å²) in [5, 5.41) is 11.2. The van der Waals surface area contributed by atoms with E-state index in [0.29, 0.717) is 13.0 Å². The van der Waals surface area contributed by atoms with Crippen LogP contribution < -0.4 is 0 Å². The zero-order valence-electron chi connectivity index (χ0n) is 16.5. The van der Waals surface area contributed by atoms with Gasteiger partial charge in [0.15, 0.2) is 4.90 Å². The molecule has 6 nitrogen and oxygen atoms in total. The number of rotatable bonds is 7. The van der Waals surface area contributed by atoms with E-state index < -0.39 is 26.2 Å². The molecule has 0 bridgehead atoms. The minimum Gasteiger partial charge on any atom is -0.258 e. The lowest BCUT2D eigenvalue weighted by molar-refractivity contribution is -0.387. The Labute approximate surface area is 157 Å². The number of hydrogen-bond donors (Lipinski definition) is 0. The number of benzene rings is 1. The number of para-hydroxylation sites is 1. The number of hydrogen-bond acceptors (Lipinski definition) is 4. The van der Waals surface area contributed by atoms with E-state index in [4.69, 9.17) is 0 Å². The highest BCUT2D eigenvalue weighted by atomic mass is 32.2. The van der Waals surface area contributed by atoms with Gasteiger partial charge in [-0.05, 0) is 45.1 Å². The van der Waals surface area contributed by atoms with Crippen molar-refractivity contribution < 1.29 is 13.3 Å². The molecular formula is C19H30N2O4S. The van der Waals surface area contributed by atoms with E-state index in [1.807, 2.05) is 0 Å². The molecule has 0 N–H and O–H groups in total. The second kappa shape index (κ2) is 8.31. The van der Waals surface area contributed by atoms with Crippen LogP contribution in [0.4, 0.5) is 5.69 Å². The molecule has 0 aliphatic rings. The van der Waals surface area contributed by atoms with Gasteiger partial charge in [-0.1, -0.05) is 45.1 Å². The van der Waals surface area contributed by atoms with Gasteiger partial charge in [-0.15, -0.1) is 0 Å². The van der Waals surface area contributed by atoms with Crippen LogP contribution >= 0.6 is 0 Å². The molecule has 0 atom stereocenters. The predicted octanol–water partition coefficient (Wildman–Crippen LogP) is 4.77. The summed E-state index contributed by atoms with van der Waals surface area (Å²) in [4.78, 5) is 10.3. The van der Waals surface area contributed by atoms with Gasteiger partial charge in [0.25, 0.3) is 5.69 Å². The molecular weight excluding hydrogens is 352 g/mol. The van der Waals surface area contributed by atoms with Gasteiger partial charge in [0.2, 0.25) is 10.0 Å². The van der Waals surface area contributed by atoms with Crippen molar-refractivity contribution in [2.75, 3.05) is 6.54 Å². The third-order valence-corrected chi connectivity index (χ3v) is 5.94. The van der Waals surface area contributed by atoms with Crippen LogP contribution in [0.2, 0.25) is 0 Å². The number of nitrogens with zero attached hydrogens (tertiary/aromatic N) is 2. The fraction of sp³-hybridized carbons (Fsp3) is 0.579. The topological polar surface area (TPSA) is 80.5 Å². The molecule has 0 saturated carbocycles. The largest absolute Gasteiger partial charge is 0.289 e. The molecule has 7 heteroatoms. The maximum absolute atomic E-state index is 13.1. The maximum Gasteiger partial charge on any atom is 0.289 e. The Hall–Kier alpha value is -1.73. The summed E-state index contributed by atoms with van der Waals surface area (Å²) in [7, 11) is -3.98. The molecule has 0 radical (unpaired) electrons. The molecule has 1 aromatic carbocycles. The molecule has 146 valence electrons. The maximum atomic E-state index is 13.1. The standard InChI is InChI=1S/C19H30N2O4S/c1-18(2,3)14-10-7-11-15-20(19(4,5)6)26(24,25)17-13-9-8-12-16(17)21(22)23/h8-10,12-14H,7,11,15H2,1-6H3/b14-10-. The zero-order valence-corrected chi connectivity index (χ0v) is 17.3. The number of allylic oxidation sites excluding steroid dienone is 2. The quantitative estimate of drug-likeness (QED) is 0.294. The normalized spacial score (nSPS) is 13.5. The molecule has 0 heterocycles. The van der Waals surface area contributed by atoms with Crippen molar-refractivity contribution in [3.8, 4) is 0 Å². The van der Waals surface area contributed by atoms with E-state index in [0.717, 1.165) is 6.42 Å². The first-order valence-electron chi connectivity index (χ1n) is 8.71. The smallest absolute Gasteiger partial charge is 0.258 e. The first-order chi connectivity index (χ1) is 11.8. The Morgan fingerprint density at radius 3 is 2.19 bits per heavy atom. The molecule has 0 fully saturated rings. The van der Waals surface area contributed by atoms with Crippen LogP contribution in [-0.4, -0.2) is 29.7 Å². The molecule has 0 amide bonds. The molecule has 0 aliphatic heterocycles. The molecule has 1 aromatic rings. The minimum atomic E-state index is -3.98. The minimum absolute atomic E-state index is 0.0838. The van der Waals surface area contributed by atoms with Crippen molar-refractivity contribution in [2.24, 2.45) is 5.41 Å². The van der Waals surface area contributed by atoms with E-state index in [1.54, 1.807) is 20.8 Å². The third kappa shape index (κ3) is 6.21. The van der Waals surface area contributed by atoms with Crippen LogP contribution in [0.15, 0.2) is 41.3 Å². The summed E-state index contributed by atoms with van der Waals surface area (Å²) >= 11 is 0. The SMILES string of the molecule is CC(C)(C)/C=C\CCCN(C(C)(C)C)S(=O)(=O)c1ccccc1[N+](=O)[O-]. The van der Waals surface area contributed by atoms with Crippen LogP contribution in [0.5, 0.6) is 0 Å². The Kier molecular flexibility index (Phi) is 7.13. The zero-order chi connectivity index (χ0) is 20.2. The number of nitro groups is 1. The monoisotopic (exact) mass is 382 g/mol. The number of unbranched alkanes of at least 4 members (excludes halogenated alkanes) is 1. The Bertz CT molecular complexity index is 756. The molecule has 1 rings (SSSR count). The van der Waals surface area contributed by atoms with Crippen LogP contribution in [0.25, 0.3) is 0 Å². The van der Waals surface area contributed by atoms with E-state index in [2.05, 4.69) is 32.9 Å². The second-order valence-electron chi connectivity index (χ2n) is 8.38. The summed E-state index contributed by atoms with van der Waals surface area (Å²) < 4.78 is 27.6. The highest BCUT2D eigenvalue weighted by Gasteiger charge is 2.37. The third-order valence-electron chi connectivity index (χ3n) is 3.73. The van der Waals surface area contributed by atoms with E-state index in [1.165, 1.54) is 28.6 Å². The summed E-state index contributed by atoms with van der Waals surface area (Å²) in [6.07, 6.45) is 5.54. The van der Waals surface area contributed by atoms with Gasteiger partial charge in [-0.25, -0.2) is 8.42 Å². The highest BCUT2D eigenvalue weighted by molar-refractivity contribution is 7.89. The average Bonchev–Trinajstić information content (AvgIpc) is 2.48. The summed E-state index contributed by atoms with van der Waals surface area (Å²) in [6.45, 7) is 12.0. The van der Waals surface area contributed by atoms with Crippen molar-refractivity contribution in [2.45, 2.75) is 64.8 Å². The van der Waals surface area contributed by atoms with Gasteiger partial charge in [0.1, 0.15) is 0 Å². The van der Waals surface area contributed by atoms with Gasteiger partial charge < -0.3 is 0 Å². The lowest BCUT2D eigenvalue weighted by Gasteiger charge is -2.34. The average molecular weight is 383 g/mol. The fourth-order valence-corrected chi connectivity index (χ4v) is 4.54. The lowest BCUT2D eigenvalue weighted by atomic mass is 9.96. The molecule has 0 aromatic heterocycles. The van der Waals surface area contributed by atoms with E-state index >= 15 is 0 Å². The van der Waals surface area contributed by atoms with Crippen LogP contribution in [0.3, 0.4) is 0 Å². The summed E-state index contributed by atoms with van der Waals surface area (Å²) in [5.41, 5.74) is -0.995. The summed E-state index contributed by atoms with van der Waals surface area (Å²) in [6, 6.07) is 5.49. The Morgan fingerprint density at radius 2 is 1.69 bits per heavy atom. The molecule has 26 heavy (non-hydrogen) atoms. The van der Waals surface area contributed by atoms with Crippen molar-refractivity contribution in [1.82, 2.24) is 4.31 Å². The van der Waals surface area contributed by atoms with Gasteiger partial charge in [-0.3, -0.25) is 10.1 Å². The van der Waals surface area contributed by atoms with Crippen molar-refractivity contribution in [3.63, 3.8) is 0 Å². The Morgan fingerprint density at radius 1 is 1.12 bits per heavy atom. The van der Waals surface area contributed by atoms with Gasteiger partial charge in [0.05, 0.1) is 4.92 Å². The fourth-order valence-electron chi connectivity index (χ4n) is 2.55. The van der Waals surface area contributed by atoms with Crippen LogP contribution in [0.1, 0.15) is 54.4 Å². The summed E-state index contributed by atoms with van der Waals surface area (Å²) in [5.74, 6) is 0. The number of sulfonamides is 1. The van der Waals surface area contributed by atoms with Gasteiger partial charge in [-0.2, -0.15) is 4.31 Å². The molecule has 0 spiro atoms. The first kappa shape index (κ1) is 22.3. The first-order valence-corrected chi connectivity index (χ1v) is 10.1. The van der Waals surface area contributed by atoms with Crippen LogP contribution in [-0.2, 0) is 10.0 Å². The predicted molar refractivity (Wildman–Crippen MR) is 105 cm³/mol. The van der Waals surface area contributed by atoms with Crippen molar-refractivity contribution in [1.29, 1.82) is 0 Å². The van der Waals surface area contributed by atoms with Gasteiger partial charge >= 0.3 is 0 Å². The van der Waals surface area contributed by atoms with Crippen LogP contribution in [0, 0.1) is 15.5 Å². The molecule has 0 unspecified atom stereocenters. The van der Waals surface area contributed by atoms with Gasteiger partial charge in [0, 0.05) is 18.2 Å². The Balaban J connectivity index is 3.10. The number of nitro benzene ring substituents is 1. The highest BCUT2D eigenvalue weighted by Crippen LogP contribution is 2.30. The van der Waals surface area contributed by atoms with Crippen molar-refractivity contribution >= 4 is 15.7 Å². The van der Waals surface area contributed by atoms with E-state index in [9.17, 15) is 18.5 Å². The lowest BCUT2D eigenvalue weighted by Crippen LogP contribution is -2.46. The van der Waals surface area contributed by atoms with E-state index in [-0.39, 0.29) is 10.3 Å². The molecule has 0 aliphatic carbocycles. The second-order valence-corrected chi connectivity index (χ2v) is 10.2. The molecule has 0 saturated heterocycles. The van der Waals surface area contributed by atoms with Crippen molar-refractivity contribution in [3.05, 3.63) is 46.5 Å².